The molecule has 1 heterocycles. The predicted octanol–water partition coefficient (Wildman–Crippen LogP) is 3.36. The Hall–Kier alpha value is -0.740. The van der Waals surface area contributed by atoms with Gasteiger partial charge in [-0.3, -0.25) is 0 Å². The molecule has 0 aromatic heterocycles. The van der Waals surface area contributed by atoms with E-state index in [9.17, 15) is 0 Å². The van der Waals surface area contributed by atoms with E-state index in [2.05, 4.69) is 32.2 Å². The number of benzene rings is 1. The number of rotatable bonds is 6. The Labute approximate surface area is 118 Å². The van der Waals surface area contributed by atoms with Crippen molar-refractivity contribution < 1.29 is 4.74 Å². The van der Waals surface area contributed by atoms with Gasteiger partial charge >= 0.3 is 0 Å². The zero-order valence-electron chi connectivity index (χ0n) is 10.9. The van der Waals surface area contributed by atoms with Crippen molar-refractivity contribution in [2.24, 2.45) is 0 Å². The lowest BCUT2D eigenvalue weighted by Gasteiger charge is -2.15. The average molecular weight is 313 g/mol. The first-order chi connectivity index (χ1) is 8.79. The molecule has 3 nitrogen and oxygen atoms in total. The number of hydrogen-bond acceptors (Lipinski definition) is 3. The normalized spacial score (nSPS) is 15.9. The van der Waals surface area contributed by atoms with Crippen LogP contribution >= 0.6 is 15.9 Å². The molecular formula is C14H21BrN2O. The monoisotopic (exact) mass is 312 g/mol. The van der Waals surface area contributed by atoms with E-state index in [1.54, 1.807) is 7.11 Å². The van der Waals surface area contributed by atoms with Crippen molar-refractivity contribution in [3.63, 3.8) is 0 Å². The fraction of sp³-hybridized carbons (Fsp3) is 0.571. The van der Waals surface area contributed by atoms with Crippen LogP contribution < -0.4 is 10.1 Å². The summed E-state index contributed by atoms with van der Waals surface area (Å²) in [5.41, 5.74) is 1.12. The Morgan fingerprint density at radius 3 is 2.83 bits per heavy atom. The molecule has 0 unspecified atom stereocenters. The Kier molecular flexibility index (Phi) is 5.32. The minimum atomic E-state index is 0.875. The third-order valence-corrected chi connectivity index (χ3v) is 3.99. The molecule has 0 amide bonds. The summed E-state index contributed by atoms with van der Waals surface area (Å²) in [4.78, 5) is 2.55. The molecule has 100 valence electrons. The molecule has 0 spiro atoms. The molecule has 1 N–H and O–H groups in total. The maximum atomic E-state index is 5.28. The highest BCUT2D eigenvalue weighted by Crippen LogP contribution is 2.27. The quantitative estimate of drug-likeness (QED) is 0.815. The van der Waals surface area contributed by atoms with Gasteiger partial charge in [0.1, 0.15) is 5.75 Å². The molecule has 0 aliphatic carbocycles. The van der Waals surface area contributed by atoms with Crippen molar-refractivity contribution >= 4 is 21.6 Å². The number of likely N-dealkylation sites (tertiary alicyclic amines) is 1. The SMILES string of the molecule is COc1cc(NCCCN2CCCC2)ccc1Br. The van der Waals surface area contributed by atoms with Gasteiger partial charge in [-0.25, -0.2) is 0 Å². The van der Waals surface area contributed by atoms with Crippen LogP contribution in [0.1, 0.15) is 19.3 Å². The molecule has 1 saturated heterocycles. The summed E-state index contributed by atoms with van der Waals surface area (Å²) >= 11 is 3.46. The molecule has 1 fully saturated rings. The minimum Gasteiger partial charge on any atom is -0.495 e. The Balaban J connectivity index is 1.72. The number of methoxy groups -OCH3 is 1. The van der Waals surface area contributed by atoms with Crippen molar-refractivity contribution in [2.45, 2.75) is 19.3 Å². The summed E-state index contributed by atoms with van der Waals surface area (Å²) in [6.07, 6.45) is 3.94. The highest BCUT2D eigenvalue weighted by atomic mass is 79.9. The van der Waals surface area contributed by atoms with E-state index < -0.39 is 0 Å². The van der Waals surface area contributed by atoms with Gasteiger partial charge in [-0.15, -0.1) is 0 Å². The van der Waals surface area contributed by atoms with Gasteiger partial charge in [-0.1, -0.05) is 0 Å². The van der Waals surface area contributed by atoms with Crippen molar-refractivity contribution in [3.8, 4) is 5.75 Å². The maximum Gasteiger partial charge on any atom is 0.135 e. The molecule has 2 rings (SSSR count). The van der Waals surface area contributed by atoms with Crippen LogP contribution in [-0.2, 0) is 0 Å². The van der Waals surface area contributed by atoms with Crippen LogP contribution in [0, 0.1) is 0 Å². The highest BCUT2D eigenvalue weighted by Gasteiger charge is 2.10. The number of halogens is 1. The molecule has 1 aromatic carbocycles. The van der Waals surface area contributed by atoms with Crippen LogP contribution in [0.2, 0.25) is 0 Å². The minimum absolute atomic E-state index is 0.875. The van der Waals surface area contributed by atoms with Crippen molar-refractivity contribution in [1.82, 2.24) is 4.90 Å². The maximum absolute atomic E-state index is 5.28. The Morgan fingerprint density at radius 2 is 2.11 bits per heavy atom. The van der Waals surface area contributed by atoms with E-state index >= 15 is 0 Å². The van der Waals surface area contributed by atoms with Crippen molar-refractivity contribution in [3.05, 3.63) is 22.7 Å². The first-order valence-electron chi connectivity index (χ1n) is 6.59. The molecular weight excluding hydrogens is 292 g/mol. The third kappa shape index (κ3) is 3.89. The highest BCUT2D eigenvalue weighted by molar-refractivity contribution is 9.10. The fourth-order valence-corrected chi connectivity index (χ4v) is 2.72. The van der Waals surface area contributed by atoms with Crippen molar-refractivity contribution in [2.75, 3.05) is 38.6 Å². The van der Waals surface area contributed by atoms with Crippen LogP contribution in [-0.4, -0.2) is 38.2 Å². The Bertz CT molecular complexity index is 378. The second kappa shape index (κ2) is 7.00. The van der Waals surface area contributed by atoms with E-state index in [0.717, 1.165) is 22.5 Å². The lowest BCUT2D eigenvalue weighted by atomic mass is 10.3. The molecule has 18 heavy (non-hydrogen) atoms. The first-order valence-corrected chi connectivity index (χ1v) is 7.38. The molecule has 4 heteroatoms. The molecule has 1 aliphatic rings. The summed E-state index contributed by atoms with van der Waals surface area (Å²) in [6, 6.07) is 6.12. The summed E-state index contributed by atoms with van der Waals surface area (Å²) in [5.74, 6) is 0.875. The standard InChI is InChI=1S/C14H21BrN2O/c1-18-14-11-12(5-6-13(14)15)16-7-4-10-17-8-2-3-9-17/h5-6,11,16H,2-4,7-10H2,1H3. The van der Waals surface area contributed by atoms with Gasteiger partial charge in [-0.2, -0.15) is 0 Å². The van der Waals surface area contributed by atoms with Gasteiger partial charge in [-0.05, 0) is 67.0 Å². The van der Waals surface area contributed by atoms with Crippen LogP contribution in [0.15, 0.2) is 22.7 Å². The molecule has 0 radical (unpaired) electrons. The number of ether oxygens (including phenoxy) is 1. The van der Waals surface area contributed by atoms with Crippen LogP contribution in [0.5, 0.6) is 5.75 Å². The largest absolute Gasteiger partial charge is 0.495 e. The summed E-state index contributed by atoms with van der Waals surface area (Å²) in [7, 11) is 1.69. The van der Waals surface area contributed by atoms with Crippen LogP contribution in [0.3, 0.4) is 0 Å². The van der Waals surface area contributed by atoms with E-state index in [1.807, 2.05) is 12.1 Å². The number of nitrogens with zero attached hydrogens (tertiary/aromatic N) is 1. The van der Waals surface area contributed by atoms with Crippen LogP contribution in [0.25, 0.3) is 0 Å². The summed E-state index contributed by atoms with van der Waals surface area (Å²) in [5, 5.41) is 3.44. The number of anilines is 1. The number of hydrogen-bond donors (Lipinski definition) is 1. The van der Waals surface area contributed by atoms with E-state index in [0.29, 0.717) is 0 Å². The van der Waals surface area contributed by atoms with Crippen LogP contribution in [0.4, 0.5) is 5.69 Å². The topological polar surface area (TPSA) is 24.5 Å². The predicted molar refractivity (Wildman–Crippen MR) is 79.5 cm³/mol. The molecule has 0 saturated carbocycles. The average Bonchev–Trinajstić information content (AvgIpc) is 2.89. The van der Waals surface area contributed by atoms with Gasteiger partial charge in [0, 0.05) is 18.3 Å². The lowest BCUT2D eigenvalue weighted by molar-refractivity contribution is 0.337. The smallest absolute Gasteiger partial charge is 0.135 e. The molecule has 1 aliphatic heterocycles. The molecule has 1 aromatic rings. The third-order valence-electron chi connectivity index (χ3n) is 3.33. The van der Waals surface area contributed by atoms with E-state index in [1.165, 1.54) is 38.9 Å². The second-order valence-electron chi connectivity index (χ2n) is 4.68. The Morgan fingerprint density at radius 1 is 1.33 bits per heavy atom. The van der Waals surface area contributed by atoms with Gasteiger partial charge < -0.3 is 15.0 Å². The van der Waals surface area contributed by atoms with Gasteiger partial charge in [0.25, 0.3) is 0 Å². The molecule has 0 bridgehead atoms. The fourth-order valence-electron chi connectivity index (χ4n) is 2.31. The zero-order valence-corrected chi connectivity index (χ0v) is 12.5. The van der Waals surface area contributed by atoms with E-state index in [4.69, 9.17) is 4.74 Å². The lowest BCUT2D eigenvalue weighted by Crippen LogP contribution is -2.22. The van der Waals surface area contributed by atoms with Gasteiger partial charge in [0.15, 0.2) is 0 Å². The number of nitrogens with one attached hydrogen (secondary N) is 1. The first kappa shape index (κ1) is 13.7. The summed E-state index contributed by atoms with van der Waals surface area (Å²) in [6.45, 7) is 4.79. The summed E-state index contributed by atoms with van der Waals surface area (Å²) < 4.78 is 6.27. The van der Waals surface area contributed by atoms with Gasteiger partial charge in [0.2, 0.25) is 0 Å². The second-order valence-corrected chi connectivity index (χ2v) is 5.53. The molecule has 0 atom stereocenters. The zero-order chi connectivity index (χ0) is 12.8. The van der Waals surface area contributed by atoms with Gasteiger partial charge in [0.05, 0.1) is 11.6 Å². The van der Waals surface area contributed by atoms with Crippen molar-refractivity contribution in [1.29, 1.82) is 0 Å². The van der Waals surface area contributed by atoms with E-state index in [-0.39, 0.29) is 0 Å².